The first kappa shape index (κ1) is 13.9. The highest BCUT2D eigenvalue weighted by atomic mass is 19.1. The van der Waals surface area contributed by atoms with Crippen LogP contribution in [0.1, 0.15) is 18.5 Å². The van der Waals surface area contributed by atoms with Crippen molar-refractivity contribution in [2.45, 2.75) is 13.0 Å². The third-order valence-electron chi connectivity index (χ3n) is 2.62. The molecule has 0 bridgehead atoms. The van der Waals surface area contributed by atoms with Gasteiger partial charge in [0.1, 0.15) is 5.82 Å². The van der Waals surface area contributed by atoms with Crippen LogP contribution in [0.25, 0.3) is 0 Å². The van der Waals surface area contributed by atoms with Crippen LogP contribution in [0.4, 0.5) is 10.1 Å². The van der Waals surface area contributed by atoms with Gasteiger partial charge in [0.25, 0.3) is 0 Å². The van der Waals surface area contributed by atoms with E-state index in [2.05, 4.69) is 4.98 Å². The van der Waals surface area contributed by atoms with Crippen molar-refractivity contribution in [2.75, 3.05) is 0 Å². The molecule has 1 aromatic heterocycles. The standard InChI is InChI=1S/C13H12FN3O3/c1-8(15)10-3-2-6-16-13(10)20-12-7-9(14)4-5-11(12)17(18)19/h2-8H,15H2,1H3. The lowest BCUT2D eigenvalue weighted by atomic mass is 10.1. The summed E-state index contributed by atoms with van der Waals surface area (Å²) >= 11 is 0. The molecule has 0 amide bonds. The van der Waals surface area contributed by atoms with Crippen molar-refractivity contribution in [2.24, 2.45) is 5.73 Å². The molecule has 20 heavy (non-hydrogen) atoms. The van der Waals surface area contributed by atoms with Crippen molar-refractivity contribution in [1.29, 1.82) is 0 Å². The smallest absolute Gasteiger partial charge is 0.311 e. The molecular formula is C13H12FN3O3. The van der Waals surface area contributed by atoms with E-state index in [-0.39, 0.29) is 23.4 Å². The lowest BCUT2D eigenvalue weighted by Crippen LogP contribution is -2.07. The summed E-state index contributed by atoms with van der Waals surface area (Å²) in [6.07, 6.45) is 1.46. The molecule has 1 aromatic carbocycles. The number of nitro groups is 1. The predicted octanol–water partition coefficient (Wildman–Crippen LogP) is 2.94. The van der Waals surface area contributed by atoms with Crippen LogP contribution in [0.3, 0.4) is 0 Å². The number of hydrogen-bond acceptors (Lipinski definition) is 5. The highest BCUT2D eigenvalue weighted by Crippen LogP contribution is 2.33. The zero-order valence-corrected chi connectivity index (χ0v) is 10.6. The number of nitro benzene ring substituents is 1. The van der Waals surface area contributed by atoms with Crippen LogP contribution in [0.2, 0.25) is 0 Å². The second kappa shape index (κ2) is 5.62. The van der Waals surface area contributed by atoms with Gasteiger partial charge in [-0.25, -0.2) is 9.37 Å². The quantitative estimate of drug-likeness (QED) is 0.685. The minimum absolute atomic E-state index is 0.121. The molecular weight excluding hydrogens is 265 g/mol. The first-order valence-corrected chi connectivity index (χ1v) is 5.81. The number of nitrogens with two attached hydrogens (primary N) is 1. The molecule has 0 radical (unpaired) electrons. The third kappa shape index (κ3) is 2.89. The Bertz CT molecular complexity index is 647. The molecule has 0 saturated carbocycles. The van der Waals surface area contributed by atoms with Crippen LogP contribution >= 0.6 is 0 Å². The number of halogens is 1. The van der Waals surface area contributed by atoms with E-state index in [4.69, 9.17) is 10.5 Å². The Balaban J connectivity index is 2.45. The molecule has 2 rings (SSSR count). The summed E-state index contributed by atoms with van der Waals surface area (Å²) in [7, 11) is 0. The fourth-order valence-electron chi connectivity index (χ4n) is 1.66. The summed E-state index contributed by atoms with van der Waals surface area (Å²) in [6.45, 7) is 1.73. The van der Waals surface area contributed by atoms with Gasteiger partial charge in [-0.1, -0.05) is 6.07 Å². The maximum atomic E-state index is 13.2. The largest absolute Gasteiger partial charge is 0.431 e. The number of pyridine rings is 1. The van der Waals surface area contributed by atoms with Gasteiger partial charge in [0.05, 0.1) is 4.92 Å². The molecule has 2 aromatic rings. The molecule has 1 unspecified atom stereocenters. The van der Waals surface area contributed by atoms with Crippen molar-refractivity contribution >= 4 is 5.69 Å². The molecule has 0 aliphatic heterocycles. The van der Waals surface area contributed by atoms with Crippen LogP contribution in [0.5, 0.6) is 11.6 Å². The SMILES string of the molecule is CC(N)c1cccnc1Oc1cc(F)ccc1[N+](=O)[O-]. The lowest BCUT2D eigenvalue weighted by molar-refractivity contribution is -0.385. The number of aromatic nitrogens is 1. The highest BCUT2D eigenvalue weighted by molar-refractivity contribution is 5.48. The van der Waals surface area contributed by atoms with Gasteiger partial charge in [0, 0.05) is 29.9 Å². The molecule has 7 heteroatoms. The average Bonchev–Trinajstić information content (AvgIpc) is 2.38. The Morgan fingerprint density at radius 1 is 1.45 bits per heavy atom. The van der Waals surface area contributed by atoms with Gasteiger partial charge in [-0.3, -0.25) is 10.1 Å². The monoisotopic (exact) mass is 277 g/mol. The molecule has 0 saturated heterocycles. The molecule has 0 spiro atoms. The van der Waals surface area contributed by atoms with Crippen LogP contribution in [-0.4, -0.2) is 9.91 Å². The summed E-state index contributed by atoms with van der Waals surface area (Å²) in [4.78, 5) is 14.2. The molecule has 0 aliphatic carbocycles. The van der Waals surface area contributed by atoms with Crippen molar-refractivity contribution in [3.05, 3.63) is 58.0 Å². The summed E-state index contributed by atoms with van der Waals surface area (Å²) in [5.41, 5.74) is 6.00. The van der Waals surface area contributed by atoms with E-state index in [1.54, 1.807) is 19.1 Å². The van der Waals surface area contributed by atoms with Gasteiger partial charge in [-0.2, -0.15) is 0 Å². The van der Waals surface area contributed by atoms with E-state index >= 15 is 0 Å². The first-order valence-electron chi connectivity index (χ1n) is 5.81. The fraction of sp³-hybridized carbons (Fsp3) is 0.154. The lowest BCUT2D eigenvalue weighted by Gasteiger charge is -2.12. The molecule has 0 aliphatic rings. The van der Waals surface area contributed by atoms with Gasteiger partial charge < -0.3 is 10.5 Å². The van der Waals surface area contributed by atoms with E-state index in [1.165, 1.54) is 6.20 Å². The van der Waals surface area contributed by atoms with Gasteiger partial charge in [0.15, 0.2) is 0 Å². The normalized spacial score (nSPS) is 11.9. The van der Waals surface area contributed by atoms with E-state index < -0.39 is 10.7 Å². The first-order chi connectivity index (χ1) is 9.49. The molecule has 1 atom stereocenters. The summed E-state index contributed by atoms with van der Waals surface area (Å²) < 4.78 is 18.6. The number of benzene rings is 1. The minimum atomic E-state index is -0.650. The van der Waals surface area contributed by atoms with Crippen LogP contribution < -0.4 is 10.5 Å². The highest BCUT2D eigenvalue weighted by Gasteiger charge is 2.19. The van der Waals surface area contributed by atoms with Gasteiger partial charge in [0.2, 0.25) is 11.6 Å². The second-order valence-electron chi connectivity index (χ2n) is 4.16. The Morgan fingerprint density at radius 3 is 2.85 bits per heavy atom. The Morgan fingerprint density at radius 2 is 2.20 bits per heavy atom. The van der Waals surface area contributed by atoms with Crippen molar-refractivity contribution < 1.29 is 14.1 Å². The number of nitrogens with zero attached hydrogens (tertiary/aromatic N) is 2. The van der Waals surface area contributed by atoms with E-state index in [0.717, 1.165) is 18.2 Å². The predicted molar refractivity (Wildman–Crippen MR) is 70.0 cm³/mol. The Hall–Kier alpha value is -2.54. The van der Waals surface area contributed by atoms with E-state index in [9.17, 15) is 14.5 Å². The maximum absolute atomic E-state index is 13.2. The van der Waals surface area contributed by atoms with Gasteiger partial charge in [-0.05, 0) is 19.1 Å². The Kier molecular flexibility index (Phi) is 3.90. The van der Waals surface area contributed by atoms with Gasteiger partial charge in [-0.15, -0.1) is 0 Å². The van der Waals surface area contributed by atoms with Crippen LogP contribution in [0, 0.1) is 15.9 Å². The molecule has 6 nitrogen and oxygen atoms in total. The topological polar surface area (TPSA) is 91.3 Å². The van der Waals surface area contributed by atoms with E-state index in [1.807, 2.05) is 0 Å². The molecule has 1 heterocycles. The average molecular weight is 277 g/mol. The molecule has 0 fully saturated rings. The van der Waals surface area contributed by atoms with Crippen LogP contribution in [0.15, 0.2) is 36.5 Å². The number of rotatable bonds is 4. The van der Waals surface area contributed by atoms with Crippen molar-refractivity contribution in [3.8, 4) is 11.6 Å². The van der Waals surface area contributed by atoms with Gasteiger partial charge >= 0.3 is 5.69 Å². The fourth-order valence-corrected chi connectivity index (χ4v) is 1.66. The minimum Gasteiger partial charge on any atom is -0.431 e. The zero-order chi connectivity index (χ0) is 14.7. The number of ether oxygens (including phenoxy) is 1. The van der Waals surface area contributed by atoms with E-state index in [0.29, 0.717) is 5.56 Å². The zero-order valence-electron chi connectivity index (χ0n) is 10.6. The Labute approximate surface area is 114 Å². The molecule has 104 valence electrons. The van der Waals surface area contributed by atoms with Crippen molar-refractivity contribution in [1.82, 2.24) is 4.98 Å². The molecule has 2 N–H and O–H groups in total. The van der Waals surface area contributed by atoms with Crippen LogP contribution in [-0.2, 0) is 0 Å². The summed E-state index contributed by atoms with van der Waals surface area (Å²) in [5.74, 6) is -0.726. The third-order valence-corrected chi connectivity index (χ3v) is 2.62. The summed E-state index contributed by atoms with van der Waals surface area (Å²) in [6, 6.07) is 5.97. The number of hydrogen-bond donors (Lipinski definition) is 1. The van der Waals surface area contributed by atoms with Crippen molar-refractivity contribution in [3.63, 3.8) is 0 Å². The maximum Gasteiger partial charge on any atom is 0.311 e. The second-order valence-corrected chi connectivity index (χ2v) is 4.16. The summed E-state index contributed by atoms with van der Waals surface area (Å²) in [5, 5.41) is 10.9.